The minimum absolute atomic E-state index is 0.00922. The van der Waals surface area contributed by atoms with Crippen LogP contribution in [-0.4, -0.2) is 38.2 Å². The van der Waals surface area contributed by atoms with Gasteiger partial charge in [-0.05, 0) is 59.1 Å². The summed E-state index contributed by atoms with van der Waals surface area (Å²) in [7, 11) is 0. The first kappa shape index (κ1) is 19.0. The first-order valence-corrected chi connectivity index (χ1v) is 10.3. The molecule has 0 radical (unpaired) electrons. The average Bonchev–Trinajstić information content (AvgIpc) is 2.59. The maximum Gasteiger partial charge on any atom is 0.262 e. The van der Waals surface area contributed by atoms with Gasteiger partial charge in [0.15, 0.2) is 5.16 Å². The number of fused-ring (bicyclic) bond motifs is 1. The van der Waals surface area contributed by atoms with Crippen molar-refractivity contribution in [2.24, 2.45) is 0 Å². The van der Waals surface area contributed by atoms with Crippen molar-refractivity contribution in [3.63, 3.8) is 0 Å². The summed E-state index contributed by atoms with van der Waals surface area (Å²) in [6, 6.07) is 7.94. The first-order chi connectivity index (χ1) is 12.4. The summed E-state index contributed by atoms with van der Waals surface area (Å²) >= 11 is 1.37. The highest BCUT2D eigenvalue weighted by atomic mass is 32.2. The molecule has 1 aliphatic rings. The van der Waals surface area contributed by atoms with Gasteiger partial charge in [0.2, 0.25) is 5.91 Å². The van der Waals surface area contributed by atoms with Gasteiger partial charge in [0.05, 0.1) is 16.7 Å². The maximum absolute atomic E-state index is 12.9. The number of amides is 1. The molecule has 0 N–H and O–H groups in total. The lowest BCUT2D eigenvalue weighted by Gasteiger charge is -2.39. The summed E-state index contributed by atoms with van der Waals surface area (Å²) < 4.78 is 1.70. The van der Waals surface area contributed by atoms with E-state index in [1.54, 1.807) is 10.6 Å². The fourth-order valence-electron chi connectivity index (χ4n) is 3.80. The molecule has 1 saturated heterocycles. The molecule has 2 atom stereocenters. The molecule has 0 saturated carbocycles. The van der Waals surface area contributed by atoms with E-state index in [4.69, 9.17) is 0 Å². The van der Waals surface area contributed by atoms with Crippen molar-refractivity contribution in [3.05, 3.63) is 34.6 Å². The number of carbonyl (C=O) groups excluding carboxylic acids is 1. The zero-order valence-corrected chi connectivity index (χ0v) is 16.8. The summed E-state index contributed by atoms with van der Waals surface area (Å²) in [6.07, 6.45) is 3.30. The fraction of sp³-hybridized carbons (Fsp3) is 0.550. The van der Waals surface area contributed by atoms with Crippen LogP contribution in [0, 0.1) is 0 Å². The Morgan fingerprint density at radius 1 is 1.23 bits per heavy atom. The monoisotopic (exact) mass is 373 g/mol. The van der Waals surface area contributed by atoms with E-state index in [1.807, 2.05) is 36.9 Å². The molecule has 0 unspecified atom stereocenters. The Balaban J connectivity index is 1.87. The molecule has 26 heavy (non-hydrogen) atoms. The Bertz CT molecular complexity index is 852. The van der Waals surface area contributed by atoms with Crippen molar-refractivity contribution < 1.29 is 4.79 Å². The highest BCUT2D eigenvalue weighted by molar-refractivity contribution is 7.99. The van der Waals surface area contributed by atoms with Gasteiger partial charge >= 0.3 is 0 Å². The fourth-order valence-corrected chi connectivity index (χ4v) is 4.79. The molecule has 6 heteroatoms. The molecule has 2 aromatic rings. The molecule has 0 bridgehead atoms. The predicted molar refractivity (Wildman–Crippen MR) is 107 cm³/mol. The van der Waals surface area contributed by atoms with E-state index in [9.17, 15) is 9.59 Å². The molecule has 0 spiro atoms. The standard InChI is InChI=1S/C20H27N3O2S/c1-13(2)22-19(25)16-10-5-6-11-17(16)21-20(22)26-12-18(24)23-14(3)8-7-9-15(23)4/h5-6,10-11,13-15H,7-9,12H2,1-4H3/t14-,15-/m1/s1. The second-order valence-electron chi connectivity index (χ2n) is 7.40. The number of hydrogen-bond acceptors (Lipinski definition) is 4. The number of carbonyl (C=O) groups is 1. The van der Waals surface area contributed by atoms with E-state index < -0.39 is 0 Å². The minimum atomic E-state index is -0.0414. The average molecular weight is 374 g/mol. The third-order valence-electron chi connectivity index (χ3n) is 5.10. The van der Waals surface area contributed by atoms with Crippen LogP contribution >= 0.6 is 11.8 Å². The largest absolute Gasteiger partial charge is 0.337 e. The lowest BCUT2D eigenvalue weighted by molar-refractivity contribution is -0.134. The summed E-state index contributed by atoms with van der Waals surface area (Å²) in [5.41, 5.74) is 0.643. The summed E-state index contributed by atoms with van der Waals surface area (Å²) in [4.78, 5) is 32.3. The van der Waals surface area contributed by atoms with Crippen LogP contribution in [0.15, 0.2) is 34.2 Å². The van der Waals surface area contributed by atoms with Crippen LogP contribution in [-0.2, 0) is 4.79 Å². The van der Waals surface area contributed by atoms with Crippen molar-refractivity contribution in [2.45, 2.75) is 70.2 Å². The Labute approximate surface area is 158 Å². The number of likely N-dealkylation sites (tertiary alicyclic amines) is 1. The summed E-state index contributed by atoms with van der Waals surface area (Å²) in [6.45, 7) is 8.18. The molecular formula is C20H27N3O2S. The van der Waals surface area contributed by atoms with Gasteiger partial charge < -0.3 is 4.90 Å². The Hall–Kier alpha value is -1.82. The van der Waals surface area contributed by atoms with Gasteiger partial charge in [0, 0.05) is 18.1 Å². The number of rotatable bonds is 4. The number of hydrogen-bond donors (Lipinski definition) is 0. The first-order valence-electron chi connectivity index (χ1n) is 9.35. The van der Waals surface area contributed by atoms with Gasteiger partial charge in [-0.1, -0.05) is 23.9 Å². The predicted octanol–water partition coefficient (Wildman–Crippen LogP) is 3.86. The lowest BCUT2D eigenvalue weighted by atomic mass is 9.98. The van der Waals surface area contributed by atoms with Crippen LogP contribution in [0.4, 0.5) is 0 Å². The number of aromatic nitrogens is 2. The van der Waals surface area contributed by atoms with Crippen molar-refractivity contribution in [2.75, 3.05) is 5.75 Å². The van der Waals surface area contributed by atoms with E-state index in [1.165, 1.54) is 18.2 Å². The molecule has 0 aliphatic carbocycles. The molecule has 3 rings (SSSR count). The minimum Gasteiger partial charge on any atom is -0.337 e. The van der Waals surface area contributed by atoms with Crippen molar-refractivity contribution >= 4 is 28.6 Å². The Kier molecular flexibility index (Phi) is 5.70. The molecule has 140 valence electrons. The van der Waals surface area contributed by atoms with Gasteiger partial charge in [-0.3, -0.25) is 14.2 Å². The quantitative estimate of drug-likeness (QED) is 0.603. The topological polar surface area (TPSA) is 55.2 Å². The third-order valence-corrected chi connectivity index (χ3v) is 6.04. The van der Waals surface area contributed by atoms with Crippen molar-refractivity contribution in [3.8, 4) is 0 Å². The van der Waals surface area contributed by atoms with E-state index in [0.29, 0.717) is 21.8 Å². The van der Waals surface area contributed by atoms with Crippen LogP contribution in [0.2, 0.25) is 0 Å². The van der Waals surface area contributed by atoms with E-state index >= 15 is 0 Å². The van der Waals surface area contributed by atoms with Gasteiger partial charge in [0.1, 0.15) is 0 Å². The van der Waals surface area contributed by atoms with E-state index in [2.05, 4.69) is 18.8 Å². The molecule has 1 amide bonds. The Morgan fingerprint density at radius 3 is 2.54 bits per heavy atom. The zero-order chi connectivity index (χ0) is 18.8. The molecule has 1 aliphatic heterocycles. The van der Waals surface area contributed by atoms with Crippen LogP contribution in [0.5, 0.6) is 0 Å². The van der Waals surface area contributed by atoms with Crippen LogP contribution in [0.25, 0.3) is 10.9 Å². The van der Waals surface area contributed by atoms with Gasteiger partial charge in [0.25, 0.3) is 5.56 Å². The van der Waals surface area contributed by atoms with E-state index in [0.717, 1.165) is 12.8 Å². The zero-order valence-electron chi connectivity index (χ0n) is 15.9. The third kappa shape index (κ3) is 3.65. The normalized spacial score (nSPS) is 20.7. The Morgan fingerprint density at radius 2 is 1.88 bits per heavy atom. The van der Waals surface area contributed by atoms with Crippen LogP contribution in [0.3, 0.4) is 0 Å². The molecule has 1 aromatic heterocycles. The van der Waals surface area contributed by atoms with Gasteiger partial charge in [-0.2, -0.15) is 0 Å². The smallest absolute Gasteiger partial charge is 0.262 e. The molecular weight excluding hydrogens is 346 g/mol. The van der Waals surface area contributed by atoms with Crippen LogP contribution in [0.1, 0.15) is 53.0 Å². The molecule has 1 aromatic carbocycles. The second-order valence-corrected chi connectivity index (χ2v) is 8.34. The summed E-state index contributed by atoms with van der Waals surface area (Å²) in [5.74, 6) is 0.444. The lowest BCUT2D eigenvalue weighted by Crippen LogP contribution is -2.48. The van der Waals surface area contributed by atoms with Gasteiger partial charge in [-0.25, -0.2) is 4.98 Å². The maximum atomic E-state index is 12.9. The molecule has 5 nitrogen and oxygen atoms in total. The highest BCUT2D eigenvalue weighted by Crippen LogP contribution is 2.26. The van der Waals surface area contributed by atoms with Gasteiger partial charge in [-0.15, -0.1) is 0 Å². The SMILES string of the molecule is CC(C)n1c(SCC(=O)N2[C@H](C)CCC[C@H]2C)nc2ccccc2c1=O. The van der Waals surface area contributed by atoms with Crippen LogP contribution < -0.4 is 5.56 Å². The number of benzene rings is 1. The number of para-hydroxylation sites is 1. The summed E-state index contributed by atoms with van der Waals surface area (Å²) in [5, 5.41) is 1.24. The molecule has 1 fully saturated rings. The van der Waals surface area contributed by atoms with Crippen molar-refractivity contribution in [1.82, 2.24) is 14.5 Å². The second kappa shape index (κ2) is 7.82. The van der Waals surface area contributed by atoms with Crippen molar-refractivity contribution in [1.29, 1.82) is 0 Å². The van der Waals surface area contributed by atoms with E-state index in [-0.39, 0.29) is 29.6 Å². The highest BCUT2D eigenvalue weighted by Gasteiger charge is 2.29. The molecule has 2 heterocycles. The number of nitrogens with zero attached hydrogens (tertiary/aromatic N) is 3. The number of thioether (sulfide) groups is 1. The number of piperidine rings is 1.